The molecule has 0 N–H and O–H groups in total. The molecular formula is C34H34FN3O3. The Balaban J connectivity index is 1.61. The van der Waals surface area contributed by atoms with Crippen LogP contribution in [0.1, 0.15) is 50.1 Å². The van der Waals surface area contributed by atoms with E-state index in [4.69, 9.17) is 14.5 Å². The van der Waals surface area contributed by atoms with Crippen molar-refractivity contribution in [3.05, 3.63) is 101 Å². The second kappa shape index (κ2) is 10.2. The topological polar surface area (TPSA) is 56.6 Å². The third-order valence-corrected chi connectivity index (χ3v) is 7.62. The Morgan fingerprint density at radius 2 is 1.76 bits per heavy atom. The number of methoxy groups -OCH3 is 1. The number of para-hydroxylation sites is 1. The predicted octanol–water partition coefficient (Wildman–Crippen LogP) is 7.66. The standard InChI is InChI=1S/C34H34FN3O3/c1-21-17-25-30-24-13-9-10-14-28(24)38(33(39)41-34(2,3)4)31(30)27(19-23-15-16-29(40-5)26(35)18-23)36-32(25)37(21)20-22-11-7-6-8-12-22/h6-16,18,21H,17,19-20H2,1-5H3. The van der Waals surface area contributed by atoms with Crippen molar-refractivity contribution in [2.75, 3.05) is 12.0 Å². The molecule has 0 radical (unpaired) electrons. The normalized spacial score (nSPS) is 15.0. The summed E-state index contributed by atoms with van der Waals surface area (Å²) in [5.41, 5.74) is 4.54. The van der Waals surface area contributed by atoms with E-state index in [0.29, 0.717) is 17.6 Å². The smallest absolute Gasteiger partial charge is 0.419 e. The van der Waals surface area contributed by atoms with Gasteiger partial charge in [0.1, 0.15) is 11.4 Å². The predicted molar refractivity (Wildman–Crippen MR) is 160 cm³/mol. The lowest BCUT2D eigenvalue weighted by Gasteiger charge is -2.25. The summed E-state index contributed by atoms with van der Waals surface area (Å²) >= 11 is 0. The van der Waals surface area contributed by atoms with E-state index in [1.807, 2.05) is 63.2 Å². The van der Waals surface area contributed by atoms with Crippen LogP contribution in [0, 0.1) is 5.82 Å². The van der Waals surface area contributed by atoms with E-state index in [0.717, 1.165) is 46.2 Å². The molecule has 1 atom stereocenters. The van der Waals surface area contributed by atoms with Gasteiger partial charge in [0.25, 0.3) is 0 Å². The maximum absolute atomic E-state index is 14.8. The average Bonchev–Trinajstić information content (AvgIpc) is 3.43. The summed E-state index contributed by atoms with van der Waals surface area (Å²) in [6, 6.07) is 23.4. The SMILES string of the molecule is COc1ccc(Cc2nc3c(c4c5ccccc5n(C(=O)OC(C)(C)C)c24)CC(C)N3Cc2ccccc2)cc1F. The van der Waals surface area contributed by atoms with Gasteiger partial charge in [-0.25, -0.2) is 18.7 Å². The molecule has 6 rings (SSSR count). The van der Waals surface area contributed by atoms with Crippen molar-refractivity contribution >= 4 is 33.7 Å². The molecule has 6 nitrogen and oxygen atoms in total. The monoisotopic (exact) mass is 551 g/mol. The summed E-state index contributed by atoms with van der Waals surface area (Å²) < 4.78 is 27.5. The molecule has 0 saturated carbocycles. The Bertz CT molecular complexity index is 1770. The minimum atomic E-state index is -0.681. The number of anilines is 1. The van der Waals surface area contributed by atoms with Gasteiger partial charge in [-0.3, -0.25) is 0 Å². The molecule has 0 amide bonds. The van der Waals surface area contributed by atoms with Gasteiger partial charge in [-0.15, -0.1) is 0 Å². The molecule has 1 aliphatic heterocycles. The van der Waals surface area contributed by atoms with Crippen LogP contribution in [0.15, 0.2) is 72.8 Å². The lowest BCUT2D eigenvalue weighted by Crippen LogP contribution is -2.29. The van der Waals surface area contributed by atoms with Crippen molar-refractivity contribution in [3.63, 3.8) is 0 Å². The lowest BCUT2D eigenvalue weighted by molar-refractivity contribution is 0.0551. The number of halogens is 1. The molecule has 7 heteroatoms. The molecule has 5 aromatic rings. The summed E-state index contributed by atoms with van der Waals surface area (Å²) in [7, 11) is 1.45. The molecular weight excluding hydrogens is 517 g/mol. The fraction of sp³-hybridized carbons (Fsp3) is 0.294. The summed E-state index contributed by atoms with van der Waals surface area (Å²) in [6.45, 7) is 8.51. The molecule has 0 aliphatic carbocycles. The minimum absolute atomic E-state index is 0.187. The molecule has 0 spiro atoms. The van der Waals surface area contributed by atoms with E-state index in [1.165, 1.54) is 18.7 Å². The number of fused-ring (bicyclic) bond motifs is 5. The molecule has 2 aromatic heterocycles. The third kappa shape index (κ3) is 4.90. The number of hydrogen-bond acceptors (Lipinski definition) is 5. The summed E-state index contributed by atoms with van der Waals surface area (Å²) in [4.78, 5) is 21.4. The average molecular weight is 552 g/mol. The van der Waals surface area contributed by atoms with Crippen LogP contribution in [0.3, 0.4) is 0 Å². The van der Waals surface area contributed by atoms with Gasteiger partial charge in [-0.1, -0.05) is 54.6 Å². The van der Waals surface area contributed by atoms with Crippen LogP contribution in [-0.4, -0.2) is 34.4 Å². The van der Waals surface area contributed by atoms with E-state index < -0.39 is 17.5 Å². The maximum atomic E-state index is 14.8. The van der Waals surface area contributed by atoms with Crippen LogP contribution in [-0.2, 0) is 24.1 Å². The van der Waals surface area contributed by atoms with Crippen LogP contribution >= 0.6 is 0 Å². The van der Waals surface area contributed by atoms with E-state index in [2.05, 4.69) is 30.0 Å². The summed E-state index contributed by atoms with van der Waals surface area (Å²) in [5.74, 6) is 0.658. The molecule has 0 bridgehead atoms. The highest BCUT2D eigenvalue weighted by molar-refractivity contribution is 6.15. The quantitative estimate of drug-likeness (QED) is 0.224. The van der Waals surface area contributed by atoms with Crippen LogP contribution in [0.25, 0.3) is 21.8 Å². The van der Waals surface area contributed by atoms with E-state index in [1.54, 1.807) is 10.6 Å². The van der Waals surface area contributed by atoms with Gasteiger partial charge in [-0.05, 0) is 63.4 Å². The van der Waals surface area contributed by atoms with Crippen LogP contribution in [0.5, 0.6) is 5.75 Å². The second-order valence-electron chi connectivity index (χ2n) is 11.7. The fourth-order valence-corrected chi connectivity index (χ4v) is 5.87. The highest BCUT2D eigenvalue weighted by atomic mass is 19.1. The zero-order chi connectivity index (χ0) is 28.9. The third-order valence-electron chi connectivity index (χ3n) is 7.62. The van der Waals surface area contributed by atoms with Gasteiger partial charge in [0.2, 0.25) is 0 Å². The number of ether oxygens (including phenoxy) is 2. The minimum Gasteiger partial charge on any atom is -0.494 e. The number of carbonyl (C=O) groups is 1. The number of benzene rings is 3. The number of rotatable bonds is 5. The number of nitrogens with zero attached hydrogens (tertiary/aromatic N) is 3. The van der Waals surface area contributed by atoms with E-state index in [9.17, 15) is 9.18 Å². The Labute approximate surface area is 239 Å². The fourth-order valence-electron chi connectivity index (χ4n) is 5.87. The Morgan fingerprint density at radius 3 is 2.46 bits per heavy atom. The number of carbonyl (C=O) groups excluding carboxylic acids is 1. The molecule has 1 aliphatic rings. The second-order valence-corrected chi connectivity index (χ2v) is 11.7. The van der Waals surface area contributed by atoms with Gasteiger partial charge in [0.05, 0.1) is 23.8 Å². The van der Waals surface area contributed by atoms with Crippen molar-refractivity contribution in [1.82, 2.24) is 9.55 Å². The molecule has 3 aromatic carbocycles. The van der Waals surface area contributed by atoms with Crippen LogP contribution in [0.2, 0.25) is 0 Å². The molecule has 210 valence electrons. The Kier molecular flexibility index (Phi) is 6.68. The first-order valence-corrected chi connectivity index (χ1v) is 14.0. The summed E-state index contributed by atoms with van der Waals surface area (Å²) in [6.07, 6.45) is 0.669. The van der Waals surface area contributed by atoms with Crippen molar-refractivity contribution in [1.29, 1.82) is 0 Å². The van der Waals surface area contributed by atoms with Crippen molar-refractivity contribution in [2.45, 2.75) is 58.7 Å². The zero-order valence-electron chi connectivity index (χ0n) is 24.1. The molecule has 0 saturated heterocycles. The first-order chi connectivity index (χ1) is 19.6. The molecule has 41 heavy (non-hydrogen) atoms. The van der Waals surface area contributed by atoms with E-state index >= 15 is 0 Å². The van der Waals surface area contributed by atoms with Crippen LogP contribution in [0.4, 0.5) is 15.0 Å². The van der Waals surface area contributed by atoms with Crippen molar-refractivity contribution in [3.8, 4) is 5.75 Å². The highest BCUT2D eigenvalue weighted by Gasteiger charge is 2.34. The van der Waals surface area contributed by atoms with Crippen LogP contribution < -0.4 is 9.64 Å². The number of pyridine rings is 1. The number of hydrogen-bond donors (Lipinski definition) is 0. The highest BCUT2D eigenvalue weighted by Crippen LogP contribution is 2.43. The van der Waals surface area contributed by atoms with Gasteiger partial charge in [0, 0.05) is 35.3 Å². The van der Waals surface area contributed by atoms with Gasteiger partial charge < -0.3 is 14.4 Å². The zero-order valence-corrected chi connectivity index (χ0v) is 24.1. The first-order valence-electron chi connectivity index (χ1n) is 14.0. The van der Waals surface area contributed by atoms with Gasteiger partial charge in [-0.2, -0.15) is 0 Å². The molecule has 1 unspecified atom stereocenters. The van der Waals surface area contributed by atoms with E-state index in [-0.39, 0.29) is 11.8 Å². The van der Waals surface area contributed by atoms with Gasteiger partial charge >= 0.3 is 6.09 Å². The largest absolute Gasteiger partial charge is 0.494 e. The molecule has 3 heterocycles. The molecule has 0 fully saturated rings. The Hall–Kier alpha value is -4.39. The van der Waals surface area contributed by atoms with Gasteiger partial charge in [0.15, 0.2) is 11.6 Å². The Morgan fingerprint density at radius 1 is 1.02 bits per heavy atom. The van der Waals surface area contributed by atoms with Crippen molar-refractivity contribution < 1.29 is 18.7 Å². The van der Waals surface area contributed by atoms with Crippen molar-refractivity contribution in [2.24, 2.45) is 0 Å². The maximum Gasteiger partial charge on any atom is 0.419 e. The lowest BCUT2D eigenvalue weighted by atomic mass is 10.0. The summed E-state index contributed by atoms with van der Waals surface area (Å²) in [5, 5.41) is 1.98. The first kappa shape index (κ1) is 26.8. The number of aromatic nitrogens is 2.